The van der Waals surface area contributed by atoms with Gasteiger partial charge in [-0.15, -0.1) is 11.3 Å². The van der Waals surface area contributed by atoms with E-state index < -0.39 is 0 Å². The molecule has 17 heavy (non-hydrogen) atoms. The monoisotopic (exact) mass is 252 g/mol. The molecular weight excluding hydrogens is 239 g/mol. The number of aromatic nitrogens is 1. The molecule has 0 unspecified atom stereocenters. The van der Waals surface area contributed by atoms with Crippen LogP contribution in [0.1, 0.15) is 10.6 Å². The van der Waals surface area contributed by atoms with E-state index in [0.29, 0.717) is 18.9 Å². The number of benzene rings is 1. The summed E-state index contributed by atoms with van der Waals surface area (Å²) in [5, 5.41) is 5.69. The average Bonchev–Trinajstić information content (AvgIpc) is 2.82. The lowest BCUT2D eigenvalue weighted by atomic mass is 10.2. The van der Waals surface area contributed by atoms with E-state index in [1.165, 1.54) is 17.4 Å². The van der Waals surface area contributed by atoms with E-state index in [9.17, 15) is 4.39 Å². The summed E-state index contributed by atoms with van der Waals surface area (Å²) >= 11 is 1.49. The van der Waals surface area contributed by atoms with Crippen LogP contribution < -0.4 is 10.1 Å². The maximum Gasteiger partial charge on any atom is 0.165 e. The molecule has 1 N–H and O–H groups in total. The molecule has 0 fully saturated rings. The molecule has 5 heteroatoms. The maximum atomic E-state index is 13.6. The summed E-state index contributed by atoms with van der Waals surface area (Å²) in [7, 11) is 1.81. The SMILES string of the molecule is CNCc1cccc(F)c1OCc1nccs1. The predicted molar refractivity (Wildman–Crippen MR) is 65.6 cm³/mol. The third-order valence-corrected chi connectivity index (χ3v) is 2.99. The molecule has 0 aliphatic carbocycles. The van der Waals surface area contributed by atoms with Crippen LogP contribution in [0.5, 0.6) is 5.75 Å². The lowest BCUT2D eigenvalue weighted by molar-refractivity contribution is 0.286. The number of para-hydroxylation sites is 1. The highest BCUT2D eigenvalue weighted by molar-refractivity contribution is 7.09. The fourth-order valence-electron chi connectivity index (χ4n) is 1.50. The molecule has 0 aliphatic rings. The van der Waals surface area contributed by atoms with Crippen LogP contribution in [0.2, 0.25) is 0 Å². The van der Waals surface area contributed by atoms with Crippen molar-refractivity contribution >= 4 is 11.3 Å². The lowest BCUT2D eigenvalue weighted by Crippen LogP contribution is -2.08. The number of nitrogens with one attached hydrogen (secondary N) is 1. The van der Waals surface area contributed by atoms with Crippen molar-refractivity contribution in [3.05, 3.63) is 46.2 Å². The zero-order valence-electron chi connectivity index (χ0n) is 9.44. The first-order valence-electron chi connectivity index (χ1n) is 5.24. The third kappa shape index (κ3) is 3.01. The van der Waals surface area contributed by atoms with E-state index in [1.54, 1.807) is 12.3 Å². The second-order valence-electron chi connectivity index (χ2n) is 3.47. The second kappa shape index (κ2) is 5.75. The molecule has 2 rings (SSSR count). The number of hydrogen-bond acceptors (Lipinski definition) is 4. The zero-order chi connectivity index (χ0) is 12.1. The molecule has 0 bridgehead atoms. The first-order chi connectivity index (χ1) is 8.31. The maximum absolute atomic E-state index is 13.6. The van der Waals surface area contributed by atoms with Crippen molar-refractivity contribution in [2.45, 2.75) is 13.2 Å². The first kappa shape index (κ1) is 12.0. The molecule has 2 aromatic rings. The van der Waals surface area contributed by atoms with Gasteiger partial charge in [-0.2, -0.15) is 0 Å². The van der Waals surface area contributed by atoms with Crippen molar-refractivity contribution < 1.29 is 9.13 Å². The van der Waals surface area contributed by atoms with Gasteiger partial charge in [0.25, 0.3) is 0 Å². The van der Waals surface area contributed by atoms with Crippen molar-refractivity contribution in [1.82, 2.24) is 10.3 Å². The molecule has 0 saturated carbocycles. The number of nitrogens with zero attached hydrogens (tertiary/aromatic N) is 1. The van der Waals surface area contributed by atoms with Crippen LogP contribution in [0.4, 0.5) is 4.39 Å². The Balaban J connectivity index is 2.13. The summed E-state index contributed by atoms with van der Waals surface area (Å²) < 4.78 is 19.1. The third-order valence-electron chi connectivity index (χ3n) is 2.24. The highest BCUT2D eigenvalue weighted by Gasteiger charge is 2.09. The van der Waals surface area contributed by atoms with Crippen LogP contribution in [-0.4, -0.2) is 12.0 Å². The summed E-state index contributed by atoms with van der Waals surface area (Å²) in [6, 6.07) is 4.92. The van der Waals surface area contributed by atoms with Crippen molar-refractivity contribution in [2.75, 3.05) is 7.05 Å². The van der Waals surface area contributed by atoms with E-state index in [-0.39, 0.29) is 5.82 Å². The van der Waals surface area contributed by atoms with Gasteiger partial charge in [-0.05, 0) is 13.1 Å². The van der Waals surface area contributed by atoms with Crippen LogP contribution in [-0.2, 0) is 13.2 Å². The van der Waals surface area contributed by atoms with Crippen LogP contribution in [0.15, 0.2) is 29.8 Å². The predicted octanol–water partition coefficient (Wildman–Crippen LogP) is 2.58. The Bertz CT molecular complexity index is 473. The minimum atomic E-state index is -0.339. The first-order valence-corrected chi connectivity index (χ1v) is 6.12. The van der Waals surface area contributed by atoms with Crippen LogP contribution in [0.3, 0.4) is 0 Å². The zero-order valence-corrected chi connectivity index (χ0v) is 10.3. The van der Waals surface area contributed by atoms with Crippen LogP contribution in [0.25, 0.3) is 0 Å². The molecule has 1 aromatic heterocycles. The quantitative estimate of drug-likeness (QED) is 0.888. The van der Waals surface area contributed by atoms with Crippen molar-refractivity contribution in [2.24, 2.45) is 0 Å². The molecule has 0 amide bonds. The molecule has 0 atom stereocenters. The highest BCUT2D eigenvalue weighted by atomic mass is 32.1. The molecule has 0 spiro atoms. The molecular formula is C12H13FN2OS. The molecule has 90 valence electrons. The van der Waals surface area contributed by atoms with Gasteiger partial charge >= 0.3 is 0 Å². The van der Waals surface area contributed by atoms with Gasteiger partial charge in [0.15, 0.2) is 11.6 Å². The smallest absolute Gasteiger partial charge is 0.165 e. The van der Waals surface area contributed by atoms with Crippen molar-refractivity contribution in [3.63, 3.8) is 0 Å². The van der Waals surface area contributed by atoms with Gasteiger partial charge in [0.05, 0.1) is 0 Å². The number of ether oxygens (including phenoxy) is 1. The number of halogens is 1. The Morgan fingerprint density at radius 1 is 1.47 bits per heavy atom. The van der Waals surface area contributed by atoms with Gasteiger partial charge in [-0.1, -0.05) is 12.1 Å². The highest BCUT2D eigenvalue weighted by Crippen LogP contribution is 2.23. The standard InChI is InChI=1S/C12H13FN2OS/c1-14-7-9-3-2-4-10(13)12(9)16-8-11-15-5-6-17-11/h2-6,14H,7-8H2,1H3. The summed E-state index contributed by atoms with van der Waals surface area (Å²) in [6.45, 7) is 0.875. The van der Waals surface area contributed by atoms with Gasteiger partial charge in [0.1, 0.15) is 11.6 Å². The second-order valence-corrected chi connectivity index (χ2v) is 4.45. The number of hydrogen-bond donors (Lipinski definition) is 1. The topological polar surface area (TPSA) is 34.1 Å². The van der Waals surface area contributed by atoms with Gasteiger partial charge in [0.2, 0.25) is 0 Å². The van der Waals surface area contributed by atoms with E-state index in [4.69, 9.17) is 4.74 Å². The Kier molecular flexibility index (Phi) is 4.06. The van der Waals surface area contributed by atoms with Gasteiger partial charge < -0.3 is 10.1 Å². The fourth-order valence-corrected chi connectivity index (χ4v) is 2.03. The molecule has 0 saturated heterocycles. The Morgan fingerprint density at radius 2 is 2.35 bits per heavy atom. The van der Waals surface area contributed by atoms with Crippen LogP contribution in [0, 0.1) is 5.82 Å². The minimum absolute atomic E-state index is 0.301. The summed E-state index contributed by atoms with van der Waals surface area (Å²) in [4.78, 5) is 4.09. The molecule has 1 heterocycles. The van der Waals surface area contributed by atoms with Gasteiger partial charge in [-0.3, -0.25) is 0 Å². The Morgan fingerprint density at radius 3 is 3.06 bits per heavy atom. The van der Waals surface area contributed by atoms with Gasteiger partial charge in [-0.25, -0.2) is 9.37 Å². The number of rotatable bonds is 5. The van der Waals surface area contributed by atoms with Crippen molar-refractivity contribution in [1.29, 1.82) is 0 Å². The molecule has 0 radical (unpaired) electrons. The molecule has 1 aromatic carbocycles. The van der Waals surface area contributed by atoms with E-state index in [1.807, 2.05) is 18.5 Å². The largest absolute Gasteiger partial charge is 0.483 e. The number of thiazole rings is 1. The summed E-state index contributed by atoms with van der Waals surface area (Å²) in [5.74, 6) is -0.0358. The normalized spacial score (nSPS) is 10.5. The van der Waals surface area contributed by atoms with E-state index in [2.05, 4.69) is 10.3 Å². The summed E-state index contributed by atoms with van der Waals surface area (Å²) in [5.41, 5.74) is 0.809. The lowest BCUT2D eigenvalue weighted by Gasteiger charge is -2.11. The van der Waals surface area contributed by atoms with E-state index in [0.717, 1.165) is 10.6 Å². The van der Waals surface area contributed by atoms with Crippen LogP contribution >= 0.6 is 11.3 Å². The van der Waals surface area contributed by atoms with Gasteiger partial charge in [0, 0.05) is 23.7 Å². The Labute approximate surface area is 103 Å². The van der Waals surface area contributed by atoms with Crippen molar-refractivity contribution in [3.8, 4) is 5.75 Å². The average molecular weight is 252 g/mol. The fraction of sp³-hybridized carbons (Fsp3) is 0.250. The minimum Gasteiger partial charge on any atom is -0.483 e. The Hall–Kier alpha value is -1.46. The molecule has 3 nitrogen and oxygen atoms in total. The van der Waals surface area contributed by atoms with E-state index >= 15 is 0 Å². The molecule has 0 aliphatic heterocycles. The summed E-state index contributed by atoms with van der Waals surface area (Å²) in [6.07, 6.45) is 1.71.